The Morgan fingerprint density at radius 1 is 1.40 bits per heavy atom. The SMILES string of the molecule is CCCNC(=O)C(N)Cc1ccccc1. The summed E-state index contributed by atoms with van der Waals surface area (Å²) in [5.74, 6) is -0.0688. The van der Waals surface area contributed by atoms with Gasteiger partial charge in [-0.15, -0.1) is 0 Å². The van der Waals surface area contributed by atoms with Crippen LogP contribution in [0.15, 0.2) is 30.3 Å². The van der Waals surface area contributed by atoms with Gasteiger partial charge in [0, 0.05) is 6.54 Å². The first kappa shape index (κ1) is 11.7. The zero-order valence-corrected chi connectivity index (χ0v) is 9.07. The monoisotopic (exact) mass is 206 g/mol. The highest BCUT2D eigenvalue weighted by Crippen LogP contribution is 2.01. The summed E-state index contributed by atoms with van der Waals surface area (Å²) in [4.78, 5) is 11.5. The summed E-state index contributed by atoms with van der Waals surface area (Å²) in [6, 6.07) is 9.36. The molecule has 1 rings (SSSR count). The molecule has 3 nitrogen and oxygen atoms in total. The van der Waals surface area contributed by atoms with Crippen molar-refractivity contribution in [1.82, 2.24) is 5.32 Å². The molecule has 0 aromatic heterocycles. The fraction of sp³-hybridized carbons (Fsp3) is 0.417. The summed E-state index contributed by atoms with van der Waals surface area (Å²) in [6.07, 6.45) is 1.53. The third-order valence-electron chi connectivity index (χ3n) is 2.18. The van der Waals surface area contributed by atoms with Crippen molar-refractivity contribution in [2.45, 2.75) is 25.8 Å². The van der Waals surface area contributed by atoms with Gasteiger partial charge in [0.15, 0.2) is 0 Å². The van der Waals surface area contributed by atoms with Gasteiger partial charge in [-0.3, -0.25) is 4.79 Å². The van der Waals surface area contributed by atoms with Gasteiger partial charge >= 0.3 is 0 Å². The standard InChI is InChI=1S/C12H18N2O/c1-2-8-14-12(15)11(13)9-10-6-4-3-5-7-10/h3-7,11H,2,8-9,13H2,1H3,(H,14,15). The minimum Gasteiger partial charge on any atom is -0.355 e. The van der Waals surface area contributed by atoms with Gasteiger partial charge in [0.2, 0.25) is 5.91 Å². The number of nitrogens with two attached hydrogens (primary N) is 1. The molecule has 1 aromatic carbocycles. The normalized spacial score (nSPS) is 12.1. The second-order valence-electron chi connectivity index (χ2n) is 3.59. The van der Waals surface area contributed by atoms with Crippen LogP contribution in [0.1, 0.15) is 18.9 Å². The van der Waals surface area contributed by atoms with E-state index in [0.29, 0.717) is 13.0 Å². The third kappa shape index (κ3) is 4.13. The average molecular weight is 206 g/mol. The Morgan fingerprint density at radius 3 is 2.67 bits per heavy atom. The lowest BCUT2D eigenvalue weighted by Crippen LogP contribution is -2.42. The lowest BCUT2D eigenvalue weighted by molar-refractivity contribution is -0.122. The van der Waals surface area contributed by atoms with E-state index < -0.39 is 6.04 Å². The first-order valence-corrected chi connectivity index (χ1v) is 5.31. The molecule has 0 saturated heterocycles. The van der Waals surface area contributed by atoms with Crippen LogP contribution in [0.5, 0.6) is 0 Å². The van der Waals surface area contributed by atoms with Crippen LogP contribution in [-0.2, 0) is 11.2 Å². The van der Waals surface area contributed by atoms with Gasteiger partial charge in [0.05, 0.1) is 6.04 Å². The Morgan fingerprint density at radius 2 is 2.07 bits per heavy atom. The van der Waals surface area contributed by atoms with Crippen LogP contribution < -0.4 is 11.1 Å². The smallest absolute Gasteiger partial charge is 0.237 e. The van der Waals surface area contributed by atoms with E-state index >= 15 is 0 Å². The number of hydrogen-bond donors (Lipinski definition) is 2. The molecule has 3 heteroatoms. The molecule has 82 valence electrons. The second-order valence-corrected chi connectivity index (χ2v) is 3.59. The lowest BCUT2D eigenvalue weighted by atomic mass is 10.1. The summed E-state index contributed by atoms with van der Waals surface area (Å²) < 4.78 is 0. The van der Waals surface area contributed by atoms with E-state index in [1.807, 2.05) is 37.3 Å². The minimum atomic E-state index is -0.445. The predicted molar refractivity (Wildman–Crippen MR) is 61.4 cm³/mol. The Hall–Kier alpha value is -1.35. The van der Waals surface area contributed by atoms with Crippen molar-refractivity contribution in [2.75, 3.05) is 6.54 Å². The molecule has 0 bridgehead atoms. The quantitative estimate of drug-likeness (QED) is 0.757. The number of rotatable bonds is 5. The molecule has 0 radical (unpaired) electrons. The van der Waals surface area contributed by atoms with E-state index in [2.05, 4.69) is 5.32 Å². The maximum Gasteiger partial charge on any atom is 0.237 e. The summed E-state index contributed by atoms with van der Waals surface area (Å²) >= 11 is 0. The van der Waals surface area contributed by atoms with Crippen LogP contribution in [-0.4, -0.2) is 18.5 Å². The maximum absolute atomic E-state index is 11.5. The molecule has 0 aliphatic carbocycles. The van der Waals surface area contributed by atoms with Crippen molar-refractivity contribution in [3.05, 3.63) is 35.9 Å². The van der Waals surface area contributed by atoms with Crippen molar-refractivity contribution in [3.8, 4) is 0 Å². The van der Waals surface area contributed by atoms with E-state index in [-0.39, 0.29) is 5.91 Å². The molecule has 0 fully saturated rings. The first-order chi connectivity index (χ1) is 7.24. The van der Waals surface area contributed by atoms with Gasteiger partial charge in [-0.05, 0) is 18.4 Å². The van der Waals surface area contributed by atoms with Crippen LogP contribution >= 0.6 is 0 Å². The van der Waals surface area contributed by atoms with Gasteiger partial charge in [0.25, 0.3) is 0 Å². The van der Waals surface area contributed by atoms with E-state index in [0.717, 1.165) is 12.0 Å². The summed E-state index contributed by atoms with van der Waals surface area (Å²) in [5.41, 5.74) is 6.87. The van der Waals surface area contributed by atoms with Crippen molar-refractivity contribution < 1.29 is 4.79 Å². The molecule has 0 saturated carbocycles. The summed E-state index contributed by atoms with van der Waals surface area (Å²) in [6.45, 7) is 2.71. The molecule has 0 spiro atoms. The van der Waals surface area contributed by atoms with Gasteiger partial charge < -0.3 is 11.1 Å². The number of carbonyl (C=O) groups excluding carboxylic acids is 1. The predicted octanol–water partition coefficient (Wildman–Crippen LogP) is 1.08. The average Bonchev–Trinajstić information content (AvgIpc) is 2.27. The summed E-state index contributed by atoms with van der Waals surface area (Å²) in [5, 5.41) is 2.79. The molecule has 1 atom stereocenters. The fourth-order valence-corrected chi connectivity index (χ4v) is 1.34. The molecule has 3 N–H and O–H groups in total. The third-order valence-corrected chi connectivity index (χ3v) is 2.18. The topological polar surface area (TPSA) is 55.1 Å². The number of amides is 1. The van der Waals surface area contributed by atoms with Crippen LogP contribution in [0.3, 0.4) is 0 Å². The number of carbonyl (C=O) groups is 1. The summed E-state index contributed by atoms with van der Waals surface area (Å²) in [7, 11) is 0. The highest BCUT2D eigenvalue weighted by Gasteiger charge is 2.12. The molecular weight excluding hydrogens is 188 g/mol. The Bertz CT molecular complexity index is 298. The van der Waals surface area contributed by atoms with Gasteiger partial charge in [-0.25, -0.2) is 0 Å². The number of hydrogen-bond acceptors (Lipinski definition) is 2. The highest BCUT2D eigenvalue weighted by molar-refractivity contribution is 5.81. The molecule has 0 aliphatic heterocycles. The van der Waals surface area contributed by atoms with E-state index in [1.165, 1.54) is 0 Å². The van der Waals surface area contributed by atoms with Crippen molar-refractivity contribution in [1.29, 1.82) is 0 Å². The minimum absolute atomic E-state index is 0.0688. The van der Waals surface area contributed by atoms with Crippen LogP contribution in [0, 0.1) is 0 Å². The first-order valence-electron chi connectivity index (χ1n) is 5.31. The van der Waals surface area contributed by atoms with Gasteiger partial charge in [-0.1, -0.05) is 37.3 Å². The van der Waals surface area contributed by atoms with Crippen molar-refractivity contribution in [3.63, 3.8) is 0 Å². The Balaban J connectivity index is 2.41. The van der Waals surface area contributed by atoms with Gasteiger partial charge in [0.1, 0.15) is 0 Å². The second kappa shape index (κ2) is 6.19. The Labute approximate surface area is 90.7 Å². The molecule has 1 unspecified atom stereocenters. The number of benzene rings is 1. The largest absolute Gasteiger partial charge is 0.355 e. The molecular formula is C12H18N2O. The molecule has 1 amide bonds. The van der Waals surface area contributed by atoms with E-state index in [1.54, 1.807) is 0 Å². The zero-order chi connectivity index (χ0) is 11.1. The fourth-order valence-electron chi connectivity index (χ4n) is 1.34. The zero-order valence-electron chi connectivity index (χ0n) is 9.07. The highest BCUT2D eigenvalue weighted by atomic mass is 16.2. The van der Waals surface area contributed by atoms with Gasteiger partial charge in [-0.2, -0.15) is 0 Å². The van der Waals surface area contributed by atoms with Crippen LogP contribution in [0.4, 0.5) is 0 Å². The van der Waals surface area contributed by atoms with Crippen LogP contribution in [0.25, 0.3) is 0 Å². The molecule has 1 aromatic rings. The Kier molecular flexibility index (Phi) is 4.84. The van der Waals surface area contributed by atoms with Crippen LogP contribution in [0.2, 0.25) is 0 Å². The van der Waals surface area contributed by atoms with E-state index in [9.17, 15) is 4.79 Å². The number of nitrogens with one attached hydrogen (secondary N) is 1. The molecule has 15 heavy (non-hydrogen) atoms. The maximum atomic E-state index is 11.5. The van der Waals surface area contributed by atoms with Crippen molar-refractivity contribution in [2.24, 2.45) is 5.73 Å². The van der Waals surface area contributed by atoms with E-state index in [4.69, 9.17) is 5.73 Å². The molecule has 0 heterocycles. The lowest BCUT2D eigenvalue weighted by Gasteiger charge is -2.11. The molecule has 0 aliphatic rings. The van der Waals surface area contributed by atoms with Crippen molar-refractivity contribution >= 4 is 5.91 Å².